The van der Waals surface area contributed by atoms with Gasteiger partial charge in [-0.05, 0) is 43.0 Å². The lowest BCUT2D eigenvalue weighted by Crippen LogP contribution is -2.56. The van der Waals surface area contributed by atoms with Gasteiger partial charge in [0.15, 0.2) is 0 Å². The van der Waals surface area contributed by atoms with E-state index in [1.807, 2.05) is 26.1 Å². The van der Waals surface area contributed by atoms with Crippen molar-refractivity contribution in [2.45, 2.75) is 64.6 Å². The Morgan fingerprint density at radius 2 is 1.94 bits per heavy atom. The summed E-state index contributed by atoms with van der Waals surface area (Å²) in [6.45, 7) is 7.82. The third-order valence-corrected chi connectivity index (χ3v) is 7.51. The molecule has 2 atom stereocenters. The third kappa shape index (κ3) is 4.47. The zero-order chi connectivity index (χ0) is 25.6. The summed E-state index contributed by atoms with van der Waals surface area (Å²) in [4.78, 5) is 15.9. The van der Waals surface area contributed by atoms with Gasteiger partial charge in [-0.25, -0.2) is 8.78 Å². The molecule has 1 N–H and O–H groups in total. The second-order valence-corrected chi connectivity index (χ2v) is 10.6. The number of hydrogen-bond acceptors (Lipinski definition) is 4. The molecule has 36 heavy (non-hydrogen) atoms. The number of benzene rings is 2. The molecule has 1 fully saturated rings. The number of rotatable bonds is 7. The lowest BCUT2D eigenvalue weighted by atomic mass is 9.75. The molecule has 0 radical (unpaired) electrons. The second kappa shape index (κ2) is 9.81. The van der Waals surface area contributed by atoms with Crippen LogP contribution in [0.5, 0.6) is 5.75 Å². The van der Waals surface area contributed by atoms with E-state index < -0.39 is 17.6 Å². The highest BCUT2D eigenvalue weighted by atomic mass is 19.1. The molecule has 0 saturated carbocycles. The molecule has 0 unspecified atom stereocenters. The second-order valence-electron chi connectivity index (χ2n) is 10.6. The van der Waals surface area contributed by atoms with Crippen LogP contribution in [-0.2, 0) is 11.3 Å². The predicted molar refractivity (Wildman–Crippen MR) is 135 cm³/mol. The van der Waals surface area contributed by atoms with Gasteiger partial charge in [0.05, 0.1) is 24.8 Å². The SMILES string of the molecule is CCCC(=O)N1CC(Oc2cc(F)c([C@@H]3c4ccc5[nH]ncc5c4CN(C)[C@H]3CC(C)C)c(F)c2)C1. The van der Waals surface area contributed by atoms with Gasteiger partial charge in [-0.15, -0.1) is 0 Å². The Balaban J connectivity index is 1.47. The van der Waals surface area contributed by atoms with Gasteiger partial charge in [0, 0.05) is 48.0 Å². The molecule has 2 aromatic carbocycles. The number of nitrogens with one attached hydrogen (secondary N) is 1. The Labute approximate surface area is 210 Å². The predicted octanol–water partition coefficient (Wildman–Crippen LogP) is 5.22. The van der Waals surface area contributed by atoms with Crippen LogP contribution in [0.1, 0.15) is 62.6 Å². The Morgan fingerprint density at radius 3 is 2.61 bits per heavy atom. The van der Waals surface area contributed by atoms with Gasteiger partial charge < -0.3 is 9.64 Å². The minimum atomic E-state index is -0.601. The molecular weight excluding hydrogens is 462 g/mol. The van der Waals surface area contributed by atoms with Crippen molar-refractivity contribution in [2.75, 3.05) is 20.1 Å². The van der Waals surface area contributed by atoms with Crippen molar-refractivity contribution >= 4 is 16.8 Å². The molecule has 2 aliphatic heterocycles. The summed E-state index contributed by atoms with van der Waals surface area (Å²) in [5, 5.41) is 8.17. The Morgan fingerprint density at radius 1 is 1.22 bits per heavy atom. The highest BCUT2D eigenvalue weighted by Crippen LogP contribution is 2.44. The van der Waals surface area contributed by atoms with Gasteiger partial charge in [-0.3, -0.25) is 14.8 Å². The molecule has 2 aliphatic rings. The number of carbonyl (C=O) groups excluding carboxylic acids is 1. The van der Waals surface area contributed by atoms with E-state index in [0.717, 1.165) is 34.9 Å². The first-order valence-corrected chi connectivity index (χ1v) is 12.8. The number of nitrogens with zero attached hydrogens (tertiary/aromatic N) is 3. The number of aromatic amines is 1. The largest absolute Gasteiger partial charge is 0.487 e. The van der Waals surface area contributed by atoms with Gasteiger partial charge >= 0.3 is 0 Å². The number of halogens is 2. The number of hydrogen-bond donors (Lipinski definition) is 1. The van der Waals surface area contributed by atoms with Crippen LogP contribution >= 0.6 is 0 Å². The van der Waals surface area contributed by atoms with E-state index in [1.165, 1.54) is 12.1 Å². The molecule has 6 nitrogen and oxygen atoms in total. The maximum absolute atomic E-state index is 15.7. The highest BCUT2D eigenvalue weighted by Gasteiger charge is 2.39. The van der Waals surface area contributed by atoms with Gasteiger partial charge in [-0.2, -0.15) is 5.10 Å². The minimum absolute atomic E-state index is 0.0533. The zero-order valence-electron chi connectivity index (χ0n) is 21.4. The zero-order valence-corrected chi connectivity index (χ0v) is 21.4. The van der Waals surface area contributed by atoms with Crippen LogP contribution in [0.2, 0.25) is 0 Å². The van der Waals surface area contributed by atoms with Crippen LogP contribution in [0.25, 0.3) is 10.9 Å². The highest BCUT2D eigenvalue weighted by molar-refractivity contribution is 5.83. The van der Waals surface area contributed by atoms with Crippen molar-refractivity contribution in [2.24, 2.45) is 5.92 Å². The molecule has 0 aliphatic carbocycles. The fourth-order valence-corrected chi connectivity index (χ4v) is 5.74. The summed E-state index contributed by atoms with van der Waals surface area (Å²) in [6, 6.07) is 6.47. The number of fused-ring (bicyclic) bond motifs is 3. The summed E-state index contributed by atoms with van der Waals surface area (Å²) in [7, 11) is 2.03. The topological polar surface area (TPSA) is 61.5 Å². The monoisotopic (exact) mass is 496 g/mol. The third-order valence-electron chi connectivity index (χ3n) is 7.51. The standard InChI is InChI=1S/C28H34F2N4O2/c1-5-6-26(35)34-13-18(14-34)36-17-10-22(29)28(23(30)11-17)27-19-7-8-24-20(12-31-32-24)21(19)15-33(4)25(27)9-16(2)3/h7-8,10-12,16,18,25,27H,5-6,9,13-15H2,1-4H3,(H,31,32)/t25-,27+/m0/s1. The number of likely N-dealkylation sites (N-methyl/N-ethyl adjacent to an activating group) is 1. The molecule has 0 bridgehead atoms. The number of H-pyrrole nitrogens is 1. The number of carbonyl (C=O) groups is 1. The molecule has 0 spiro atoms. The summed E-state index contributed by atoms with van der Waals surface area (Å²) in [5.41, 5.74) is 3.00. The summed E-state index contributed by atoms with van der Waals surface area (Å²) in [6.07, 6.45) is 3.65. The van der Waals surface area contributed by atoms with Gasteiger partial charge in [0.25, 0.3) is 0 Å². The van der Waals surface area contributed by atoms with E-state index in [4.69, 9.17) is 4.74 Å². The first kappa shape index (κ1) is 24.7. The Bertz CT molecular complexity index is 1240. The van der Waals surface area contributed by atoms with E-state index in [-0.39, 0.29) is 29.4 Å². The lowest BCUT2D eigenvalue weighted by molar-refractivity contribution is -0.140. The van der Waals surface area contributed by atoms with Crippen molar-refractivity contribution in [1.82, 2.24) is 20.0 Å². The van der Waals surface area contributed by atoms with Crippen LogP contribution in [0.15, 0.2) is 30.5 Å². The van der Waals surface area contributed by atoms with E-state index in [1.54, 1.807) is 11.1 Å². The number of ether oxygens (including phenoxy) is 1. The van der Waals surface area contributed by atoms with Crippen molar-refractivity contribution in [1.29, 1.82) is 0 Å². The molecule has 3 heterocycles. The van der Waals surface area contributed by atoms with E-state index in [2.05, 4.69) is 28.9 Å². The van der Waals surface area contributed by atoms with Gasteiger partial charge in [-0.1, -0.05) is 26.8 Å². The smallest absolute Gasteiger partial charge is 0.222 e. The van der Waals surface area contributed by atoms with Crippen LogP contribution in [0.3, 0.4) is 0 Å². The Hall–Kier alpha value is -3.00. The Kier molecular flexibility index (Phi) is 6.72. The van der Waals surface area contributed by atoms with Crippen molar-refractivity contribution in [3.05, 3.63) is 58.8 Å². The molecule has 3 aromatic rings. The molecule has 192 valence electrons. The number of likely N-dealkylation sites (tertiary alicyclic amines) is 1. The van der Waals surface area contributed by atoms with Crippen LogP contribution < -0.4 is 4.74 Å². The van der Waals surface area contributed by atoms with Gasteiger partial charge in [0.1, 0.15) is 23.5 Å². The molecular formula is C28H34F2N4O2. The molecule has 1 amide bonds. The van der Waals surface area contributed by atoms with Crippen LogP contribution in [0, 0.1) is 17.6 Å². The number of amides is 1. The van der Waals surface area contributed by atoms with Crippen molar-refractivity contribution in [3.8, 4) is 5.75 Å². The average molecular weight is 497 g/mol. The normalized spacial score (nSPS) is 20.6. The van der Waals surface area contributed by atoms with E-state index in [9.17, 15) is 4.79 Å². The average Bonchev–Trinajstić information content (AvgIpc) is 3.26. The first-order valence-electron chi connectivity index (χ1n) is 12.8. The molecule has 8 heteroatoms. The molecule has 1 saturated heterocycles. The maximum Gasteiger partial charge on any atom is 0.222 e. The van der Waals surface area contributed by atoms with Crippen LogP contribution in [0.4, 0.5) is 8.78 Å². The van der Waals surface area contributed by atoms with E-state index in [0.29, 0.717) is 32.0 Å². The first-order chi connectivity index (χ1) is 17.3. The number of aromatic nitrogens is 2. The fourth-order valence-electron chi connectivity index (χ4n) is 5.74. The summed E-state index contributed by atoms with van der Waals surface area (Å²) < 4.78 is 37.3. The molecule has 5 rings (SSSR count). The van der Waals surface area contributed by atoms with Crippen LogP contribution in [-0.4, -0.2) is 58.2 Å². The fraction of sp³-hybridized carbons (Fsp3) is 0.500. The lowest BCUT2D eigenvalue weighted by Gasteiger charge is -2.42. The van der Waals surface area contributed by atoms with E-state index >= 15 is 8.78 Å². The maximum atomic E-state index is 15.7. The summed E-state index contributed by atoms with van der Waals surface area (Å²) >= 11 is 0. The molecule has 1 aromatic heterocycles. The van der Waals surface area contributed by atoms with Gasteiger partial charge in [0.2, 0.25) is 5.91 Å². The summed E-state index contributed by atoms with van der Waals surface area (Å²) in [5.74, 6) is -1.04. The quantitative estimate of drug-likeness (QED) is 0.487. The minimum Gasteiger partial charge on any atom is -0.487 e. The van der Waals surface area contributed by atoms with Crippen molar-refractivity contribution < 1.29 is 18.3 Å². The van der Waals surface area contributed by atoms with Crippen molar-refractivity contribution in [3.63, 3.8) is 0 Å².